The molecule has 6 heteroatoms. The van der Waals surface area contributed by atoms with Gasteiger partial charge in [-0.3, -0.25) is 4.79 Å². The summed E-state index contributed by atoms with van der Waals surface area (Å²) in [7, 11) is 0. The predicted molar refractivity (Wildman–Crippen MR) is 83.2 cm³/mol. The van der Waals surface area contributed by atoms with Gasteiger partial charge < -0.3 is 11.1 Å². The van der Waals surface area contributed by atoms with E-state index in [-0.39, 0.29) is 11.7 Å². The number of aryl methyl sites for hydroxylation is 1. The number of anilines is 2. The zero-order valence-electron chi connectivity index (χ0n) is 10.1. The minimum absolute atomic E-state index is 0.199. The molecule has 0 atom stereocenters. The number of nitrogens with zero attached hydrogens (tertiary/aromatic N) is 1. The largest absolute Gasteiger partial charge is 0.383 e. The van der Waals surface area contributed by atoms with E-state index in [0.29, 0.717) is 15.7 Å². The maximum Gasteiger partial charge on any atom is 0.259 e. The Hall–Kier alpha value is -1.40. The average molecular weight is 385 g/mol. The normalized spacial score (nSPS) is 10.3. The highest BCUT2D eigenvalue weighted by Gasteiger charge is 2.13. The van der Waals surface area contributed by atoms with Crippen molar-refractivity contribution in [1.29, 1.82) is 0 Å². The van der Waals surface area contributed by atoms with Gasteiger partial charge in [0.2, 0.25) is 0 Å². The molecule has 3 N–H and O–H groups in total. The highest BCUT2D eigenvalue weighted by molar-refractivity contribution is 9.10. The second-order valence-electron chi connectivity index (χ2n) is 4.02. The standard InChI is InChI=1S/C13H11Br2N3O/c1-7-2-3-10(15)11(4-7)18-13(19)9-5-8(14)6-17-12(9)16/h2-6H,1H3,(H2,16,17)(H,18,19). The van der Waals surface area contributed by atoms with E-state index < -0.39 is 0 Å². The lowest BCUT2D eigenvalue weighted by Gasteiger charge is -2.09. The molecule has 19 heavy (non-hydrogen) atoms. The molecule has 1 amide bonds. The molecule has 1 heterocycles. The van der Waals surface area contributed by atoms with Gasteiger partial charge in [-0.25, -0.2) is 4.98 Å². The van der Waals surface area contributed by atoms with Gasteiger partial charge in [-0.05, 0) is 62.5 Å². The number of carbonyl (C=O) groups is 1. The third kappa shape index (κ3) is 3.33. The molecular formula is C13H11Br2N3O. The molecule has 0 spiro atoms. The number of benzene rings is 1. The van der Waals surface area contributed by atoms with E-state index in [1.165, 1.54) is 0 Å². The van der Waals surface area contributed by atoms with Crippen molar-refractivity contribution in [2.75, 3.05) is 11.1 Å². The Morgan fingerprint density at radius 3 is 2.79 bits per heavy atom. The summed E-state index contributed by atoms with van der Waals surface area (Å²) in [6.07, 6.45) is 1.55. The lowest BCUT2D eigenvalue weighted by Crippen LogP contribution is -2.15. The van der Waals surface area contributed by atoms with Gasteiger partial charge in [-0.15, -0.1) is 0 Å². The van der Waals surface area contributed by atoms with E-state index in [2.05, 4.69) is 42.2 Å². The number of hydrogen-bond acceptors (Lipinski definition) is 3. The number of rotatable bonds is 2. The van der Waals surface area contributed by atoms with Crippen LogP contribution in [0.25, 0.3) is 0 Å². The Balaban J connectivity index is 2.30. The molecule has 1 aromatic heterocycles. The summed E-state index contributed by atoms with van der Waals surface area (Å²) < 4.78 is 1.52. The van der Waals surface area contributed by atoms with Crippen LogP contribution in [0, 0.1) is 6.92 Å². The quantitative estimate of drug-likeness (QED) is 0.828. The number of hydrogen-bond donors (Lipinski definition) is 2. The van der Waals surface area contributed by atoms with Crippen molar-refractivity contribution in [3.05, 3.63) is 50.5 Å². The second-order valence-corrected chi connectivity index (χ2v) is 5.79. The summed E-state index contributed by atoms with van der Waals surface area (Å²) in [5, 5.41) is 2.81. The SMILES string of the molecule is Cc1ccc(Br)c(NC(=O)c2cc(Br)cnc2N)c1. The number of nitrogen functional groups attached to an aromatic ring is 1. The minimum Gasteiger partial charge on any atom is -0.383 e. The maximum absolute atomic E-state index is 12.2. The molecule has 0 radical (unpaired) electrons. The molecule has 98 valence electrons. The molecule has 0 aliphatic rings. The first kappa shape index (κ1) is 14.0. The zero-order valence-corrected chi connectivity index (χ0v) is 13.2. The zero-order chi connectivity index (χ0) is 14.0. The van der Waals surface area contributed by atoms with E-state index in [4.69, 9.17) is 5.73 Å². The Labute approximate surface area is 127 Å². The maximum atomic E-state index is 12.2. The van der Waals surface area contributed by atoms with Gasteiger partial charge in [0, 0.05) is 15.1 Å². The van der Waals surface area contributed by atoms with Crippen LogP contribution in [0.1, 0.15) is 15.9 Å². The van der Waals surface area contributed by atoms with Crippen LogP contribution in [0.3, 0.4) is 0 Å². The molecule has 2 rings (SSSR count). The summed E-state index contributed by atoms with van der Waals surface area (Å²) in [6.45, 7) is 1.96. The number of halogens is 2. The van der Waals surface area contributed by atoms with Crippen LogP contribution >= 0.6 is 31.9 Å². The molecular weight excluding hydrogens is 374 g/mol. The highest BCUT2D eigenvalue weighted by Crippen LogP contribution is 2.25. The van der Waals surface area contributed by atoms with Crippen LogP contribution < -0.4 is 11.1 Å². The summed E-state index contributed by atoms with van der Waals surface area (Å²) in [4.78, 5) is 16.1. The van der Waals surface area contributed by atoms with E-state index >= 15 is 0 Å². The number of carbonyl (C=O) groups excluding carboxylic acids is 1. The topological polar surface area (TPSA) is 68.0 Å². The molecule has 0 saturated heterocycles. The molecule has 0 unspecified atom stereocenters. The van der Waals surface area contributed by atoms with Gasteiger partial charge in [0.25, 0.3) is 5.91 Å². The molecule has 0 saturated carbocycles. The first-order valence-electron chi connectivity index (χ1n) is 5.46. The molecule has 4 nitrogen and oxygen atoms in total. The first-order chi connectivity index (χ1) is 8.97. The predicted octanol–water partition coefficient (Wildman–Crippen LogP) is 3.75. The number of amides is 1. The lowest BCUT2D eigenvalue weighted by atomic mass is 10.2. The van der Waals surface area contributed by atoms with Crippen molar-refractivity contribution >= 4 is 49.3 Å². The van der Waals surface area contributed by atoms with Crippen LogP contribution in [0.15, 0.2) is 39.4 Å². The fourth-order valence-corrected chi connectivity index (χ4v) is 2.23. The van der Waals surface area contributed by atoms with E-state index in [9.17, 15) is 4.79 Å². The van der Waals surface area contributed by atoms with E-state index in [1.807, 2.05) is 25.1 Å². The fourth-order valence-electron chi connectivity index (χ4n) is 1.56. The van der Waals surface area contributed by atoms with Gasteiger partial charge in [-0.2, -0.15) is 0 Å². The van der Waals surface area contributed by atoms with Crippen molar-refractivity contribution in [2.24, 2.45) is 0 Å². The Bertz CT molecular complexity index is 644. The third-order valence-corrected chi connectivity index (χ3v) is 3.63. The minimum atomic E-state index is -0.294. The monoisotopic (exact) mass is 383 g/mol. The van der Waals surface area contributed by atoms with Gasteiger partial charge >= 0.3 is 0 Å². The summed E-state index contributed by atoms with van der Waals surface area (Å²) in [5.41, 5.74) is 7.80. The number of nitrogens with two attached hydrogens (primary N) is 1. The van der Waals surface area contributed by atoms with Crippen LogP contribution in [0.5, 0.6) is 0 Å². The number of nitrogens with one attached hydrogen (secondary N) is 1. The van der Waals surface area contributed by atoms with E-state index in [1.54, 1.807) is 12.3 Å². The average Bonchev–Trinajstić information content (AvgIpc) is 2.36. The van der Waals surface area contributed by atoms with Crippen LogP contribution in [-0.4, -0.2) is 10.9 Å². The molecule has 0 aliphatic heterocycles. The lowest BCUT2D eigenvalue weighted by molar-refractivity contribution is 0.102. The van der Waals surface area contributed by atoms with Crippen molar-refractivity contribution < 1.29 is 4.79 Å². The van der Waals surface area contributed by atoms with Crippen LogP contribution in [-0.2, 0) is 0 Å². The summed E-state index contributed by atoms with van der Waals surface area (Å²) >= 11 is 6.66. The Morgan fingerprint density at radius 1 is 1.32 bits per heavy atom. The third-order valence-electron chi connectivity index (χ3n) is 2.50. The van der Waals surface area contributed by atoms with Gasteiger partial charge in [0.05, 0.1) is 11.3 Å². The first-order valence-corrected chi connectivity index (χ1v) is 7.04. The molecule has 2 aromatic rings. The van der Waals surface area contributed by atoms with Crippen LogP contribution in [0.4, 0.5) is 11.5 Å². The van der Waals surface area contributed by atoms with E-state index in [0.717, 1.165) is 10.0 Å². The highest BCUT2D eigenvalue weighted by atomic mass is 79.9. The fraction of sp³-hybridized carbons (Fsp3) is 0.0769. The summed E-state index contributed by atoms with van der Waals surface area (Å²) in [5.74, 6) is -0.0953. The Kier molecular flexibility index (Phi) is 4.21. The molecule has 0 bridgehead atoms. The second kappa shape index (κ2) is 5.71. The van der Waals surface area contributed by atoms with Gasteiger partial charge in [0.15, 0.2) is 0 Å². The molecule has 0 fully saturated rings. The van der Waals surface area contributed by atoms with Crippen LogP contribution in [0.2, 0.25) is 0 Å². The van der Waals surface area contributed by atoms with Crippen molar-refractivity contribution in [2.45, 2.75) is 6.92 Å². The number of pyridine rings is 1. The summed E-state index contributed by atoms with van der Waals surface area (Å²) in [6, 6.07) is 7.35. The molecule has 0 aliphatic carbocycles. The van der Waals surface area contributed by atoms with Crippen molar-refractivity contribution in [1.82, 2.24) is 4.98 Å². The van der Waals surface area contributed by atoms with Gasteiger partial charge in [0.1, 0.15) is 5.82 Å². The number of aromatic nitrogens is 1. The van der Waals surface area contributed by atoms with Crippen molar-refractivity contribution in [3.8, 4) is 0 Å². The van der Waals surface area contributed by atoms with Gasteiger partial charge in [-0.1, -0.05) is 6.07 Å². The molecule has 1 aromatic carbocycles. The smallest absolute Gasteiger partial charge is 0.259 e. The Morgan fingerprint density at radius 2 is 2.05 bits per heavy atom. The van der Waals surface area contributed by atoms with Crippen molar-refractivity contribution in [3.63, 3.8) is 0 Å².